The van der Waals surface area contributed by atoms with E-state index in [0.717, 1.165) is 74.3 Å². The molecule has 7 amide bonds. The van der Waals surface area contributed by atoms with Crippen molar-refractivity contribution in [1.29, 1.82) is 0 Å². The van der Waals surface area contributed by atoms with Gasteiger partial charge in [-0.3, -0.25) is 33.6 Å². The summed E-state index contributed by atoms with van der Waals surface area (Å²) < 4.78 is 5.81. The van der Waals surface area contributed by atoms with Crippen molar-refractivity contribution in [3.63, 3.8) is 0 Å². The number of aliphatic hydroxyl groups is 8. The highest BCUT2D eigenvalue weighted by Crippen LogP contribution is 2.28. The molecule has 24 heteroatoms. The third kappa shape index (κ3) is 14.8. The Morgan fingerprint density at radius 3 is 1.89 bits per heavy atom. The SMILES string of the molecule is CCCCCCCCOc1ccc(C(=O)N[C@H]2C[C@@H](O)[C@@H](O)NC(=O)[C@@H]3[C@@H](O)[C@@H](C)CN3C(=O)C([C@H](C)O)NC(=O)C([C@@H](O)[C@H](O)c3ccc(O)cc3)NC(=O)[C@@H]3C[C@@H](O)CN3C(=O)[C@@H]([C@H](C)O)NC2=O)cc1. The second kappa shape index (κ2) is 26.3. The summed E-state index contributed by atoms with van der Waals surface area (Å²) in [6.07, 6.45) is -10.4. The third-order valence-electron chi connectivity index (χ3n) is 13.4. The number of fused-ring (bicyclic) bond motifs is 2. The summed E-state index contributed by atoms with van der Waals surface area (Å²) in [5, 5.41) is 110. The van der Waals surface area contributed by atoms with Crippen molar-refractivity contribution < 1.29 is 84.3 Å². The maximum absolute atomic E-state index is 14.4. The number of carbonyl (C=O) groups excluding carboxylic acids is 7. The van der Waals surface area contributed by atoms with Crippen LogP contribution in [0.3, 0.4) is 0 Å². The maximum atomic E-state index is 14.4. The first kappa shape index (κ1) is 57.9. The smallest absolute Gasteiger partial charge is 0.251 e. The fraction of sp³-hybridized carbons (Fsp3) is 0.612. The molecule has 3 aliphatic rings. The van der Waals surface area contributed by atoms with Crippen LogP contribution in [-0.2, 0) is 28.8 Å². The zero-order valence-electron chi connectivity index (χ0n) is 41.2. The predicted octanol–water partition coefficient (Wildman–Crippen LogP) is -3.09. The van der Waals surface area contributed by atoms with Gasteiger partial charge in [-0.05, 0) is 62.2 Å². The molecule has 0 bridgehead atoms. The monoisotopic (exact) mass is 1030 g/mol. The van der Waals surface area contributed by atoms with Crippen molar-refractivity contribution in [3.05, 3.63) is 59.7 Å². The minimum Gasteiger partial charge on any atom is -0.508 e. The number of rotatable bonds is 15. The van der Waals surface area contributed by atoms with Crippen LogP contribution in [0.1, 0.15) is 101 Å². The Labute approximate surface area is 422 Å². The molecule has 3 saturated heterocycles. The van der Waals surface area contributed by atoms with Crippen molar-refractivity contribution >= 4 is 41.4 Å². The van der Waals surface area contributed by atoms with E-state index < -0.39 is 152 Å². The molecule has 0 aromatic heterocycles. The van der Waals surface area contributed by atoms with Crippen LogP contribution in [0.5, 0.6) is 11.5 Å². The number of ether oxygens (including phenoxy) is 1. The quantitative estimate of drug-likeness (QED) is 0.0786. The molecule has 2 aromatic rings. The number of unbranched alkanes of at least 4 members (excludes halogenated alkanes) is 5. The molecule has 3 aliphatic heterocycles. The number of phenolic OH excluding ortho intramolecular Hbond substituents is 1. The average Bonchev–Trinajstić information content (AvgIpc) is 3.90. The minimum absolute atomic E-state index is 0.00468. The molecule has 15 atom stereocenters. The molecule has 0 radical (unpaired) electrons. The minimum atomic E-state index is -2.28. The number of amides is 7. The fourth-order valence-electron chi connectivity index (χ4n) is 9.04. The summed E-state index contributed by atoms with van der Waals surface area (Å²) in [6.45, 7) is 5.28. The van der Waals surface area contributed by atoms with Crippen molar-refractivity contribution in [1.82, 2.24) is 36.4 Å². The molecule has 0 aliphatic carbocycles. The van der Waals surface area contributed by atoms with Gasteiger partial charge in [-0.1, -0.05) is 58.1 Å². The van der Waals surface area contributed by atoms with Gasteiger partial charge >= 0.3 is 0 Å². The Kier molecular flexibility index (Phi) is 20.9. The maximum Gasteiger partial charge on any atom is 0.251 e. The van der Waals surface area contributed by atoms with Crippen LogP contribution in [-0.4, -0.2) is 196 Å². The lowest BCUT2D eigenvalue weighted by molar-refractivity contribution is -0.148. The lowest BCUT2D eigenvalue weighted by Crippen LogP contribution is -2.64. The van der Waals surface area contributed by atoms with Gasteiger partial charge in [0, 0.05) is 37.4 Å². The normalized spacial score (nSPS) is 29.6. The third-order valence-corrected chi connectivity index (χ3v) is 13.4. The summed E-state index contributed by atoms with van der Waals surface area (Å²) in [6, 6.07) is -1.02. The Hall–Kier alpha value is -5.99. The van der Waals surface area contributed by atoms with E-state index in [2.05, 4.69) is 33.5 Å². The number of nitrogens with one attached hydrogen (secondary N) is 5. The van der Waals surface area contributed by atoms with Crippen LogP contribution in [0.15, 0.2) is 48.5 Å². The number of aliphatic hydroxyl groups excluding tert-OH is 8. The summed E-state index contributed by atoms with van der Waals surface area (Å²) in [7, 11) is 0. The fourth-order valence-corrected chi connectivity index (χ4v) is 9.04. The molecule has 73 heavy (non-hydrogen) atoms. The molecule has 0 saturated carbocycles. The van der Waals surface area contributed by atoms with Crippen LogP contribution in [0, 0.1) is 5.92 Å². The number of benzene rings is 2. The number of nitrogens with zero attached hydrogens (tertiary/aromatic N) is 2. The molecule has 0 spiro atoms. The van der Waals surface area contributed by atoms with E-state index >= 15 is 0 Å². The van der Waals surface area contributed by atoms with Gasteiger partial charge < -0.3 is 87.1 Å². The van der Waals surface area contributed by atoms with Crippen LogP contribution >= 0.6 is 0 Å². The number of phenols is 1. The predicted molar refractivity (Wildman–Crippen MR) is 256 cm³/mol. The van der Waals surface area contributed by atoms with E-state index in [-0.39, 0.29) is 23.4 Å². The molecule has 3 fully saturated rings. The van der Waals surface area contributed by atoms with Crippen molar-refractivity contribution in [3.8, 4) is 11.5 Å². The summed E-state index contributed by atoms with van der Waals surface area (Å²) >= 11 is 0. The van der Waals surface area contributed by atoms with Gasteiger partial charge in [-0.15, -0.1) is 0 Å². The summed E-state index contributed by atoms with van der Waals surface area (Å²) in [5.41, 5.74) is -0.0659. The summed E-state index contributed by atoms with van der Waals surface area (Å²) in [4.78, 5) is 101. The zero-order valence-corrected chi connectivity index (χ0v) is 41.2. The molecule has 2 aromatic carbocycles. The van der Waals surface area contributed by atoms with E-state index in [0.29, 0.717) is 12.4 Å². The van der Waals surface area contributed by atoms with Crippen LogP contribution in [0.4, 0.5) is 0 Å². The first-order valence-corrected chi connectivity index (χ1v) is 24.6. The van der Waals surface area contributed by atoms with E-state index in [1.807, 2.05) is 0 Å². The topological polar surface area (TPSA) is 377 Å². The van der Waals surface area contributed by atoms with E-state index in [9.17, 15) is 79.5 Å². The molecule has 5 rings (SSSR count). The molecule has 3 heterocycles. The van der Waals surface area contributed by atoms with Gasteiger partial charge in [0.05, 0.1) is 31.0 Å². The first-order chi connectivity index (χ1) is 34.5. The van der Waals surface area contributed by atoms with Crippen molar-refractivity contribution in [2.75, 3.05) is 19.7 Å². The molecule has 404 valence electrons. The number of hydrogen-bond acceptors (Lipinski definition) is 17. The van der Waals surface area contributed by atoms with Crippen molar-refractivity contribution in [2.24, 2.45) is 5.92 Å². The van der Waals surface area contributed by atoms with Crippen molar-refractivity contribution in [2.45, 2.75) is 164 Å². The van der Waals surface area contributed by atoms with Gasteiger partial charge in [0.2, 0.25) is 35.4 Å². The first-order valence-electron chi connectivity index (χ1n) is 24.6. The van der Waals surface area contributed by atoms with Gasteiger partial charge in [-0.2, -0.15) is 0 Å². The molecule has 24 nitrogen and oxygen atoms in total. The van der Waals surface area contributed by atoms with Gasteiger partial charge in [0.25, 0.3) is 5.91 Å². The van der Waals surface area contributed by atoms with E-state index in [4.69, 9.17) is 4.74 Å². The number of carbonyl (C=O) groups is 7. The lowest BCUT2D eigenvalue weighted by Gasteiger charge is -2.34. The van der Waals surface area contributed by atoms with Gasteiger partial charge in [0.15, 0.2) is 6.23 Å². The highest BCUT2D eigenvalue weighted by atomic mass is 16.5. The van der Waals surface area contributed by atoms with E-state index in [1.165, 1.54) is 43.3 Å². The van der Waals surface area contributed by atoms with Crippen LogP contribution < -0.4 is 31.3 Å². The Morgan fingerprint density at radius 1 is 0.699 bits per heavy atom. The van der Waals surface area contributed by atoms with E-state index in [1.54, 1.807) is 0 Å². The molecule has 14 N–H and O–H groups in total. The molecular formula is C49H71N7O17. The Balaban J connectivity index is 1.51. The Morgan fingerprint density at radius 2 is 1.27 bits per heavy atom. The Bertz CT molecular complexity index is 2220. The highest BCUT2D eigenvalue weighted by molar-refractivity contribution is 6.00. The lowest BCUT2D eigenvalue weighted by atomic mass is 9.96. The standard InChI is InChI=1S/C49H71N7O17/c1-5-6-7-8-9-10-19-73-31-17-13-28(14-18-31)42(65)50-32-21-34(61)45(68)54-47(70)38-39(62)24(2)22-56(38)49(72)36(26(4)58)52-46(69)37(41(64)40(63)27-11-15-29(59)16-12-27)53-44(67)33-20-30(60)23-55(33)48(71)35(25(3)57)51-43(32)66/h11-18,24-26,30,32-41,45,57-64,68H,5-10,19-23H2,1-4H3,(H,50,65)(H,51,66)(H,52,69)(H,53,67)(H,54,70)/t24-,25-,26-,30+,32-,33-,34+,35+,36?,37?,38-,39-,40+,41+,45+/m0/s1. The highest BCUT2D eigenvalue weighted by Gasteiger charge is 2.50. The average molecular weight is 1030 g/mol. The second-order valence-electron chi connectivity index (χ2n) is 19.2. The number of aromatic hydroxyl groups is 1. The van der Waals surface area contributed by atoms with Gasteiger partial charge in [-0.25, -0.2) is 0 Å². The van der Waals surface area contributed by atoms with Crippen LogP contribution in [0.2, 0.25) is 0 Å². The molecular weight excluding hydrogens is 959 g/mol. The summed E-state index contributed by atoms with van der Waals surface area (Å²) in [5.74, 6) is -8.94. The number of hydrogen-bond donors (Lipinski definition) is 14. The second-order valence-corrected chi connectivity index (χ2v) is 19.2. The largest absolute Gasteiger partial charge is 0.508 e. The molecule has 2 unspecified atom stereocenters. The zero-order chi connectivity index (χ0) is 53.8. The van der Waals surface area contributed by atoms with Gasteiger partial charge in [0.1, 0.15) is 66.1 Å². The van der Waals surface area contributed by atoms with Crippen LogP contribution in [0.25, 0.3) is 0 Å².